The number of carbonyl (C=O) groups excluding carboxylic acids is 1. The molecule has 0 bridgehead atoms. The third-order valence-corrected chi connectivity index (χ3v) is 4.53. The molecule has 120 valence electrons. The van der Waals surface area contributed by atoms with Crippen molar-refractivity contribution in [3.63, 3.8) is 0 Å². The summed E-state index contributed by atoms with van der Waals surface area (Å²) in [5.74, 6) is -1.43. The predicted molar refractivity (Wildman–Crippen MR) is 84.5 cm³/mol. The van der Waals surface area contributed by atoms with Crippen LogP contribution in [0.3, 0.4) is 0 Å². The predicted octanol–water partition coefficient (Wildman–Crippen LogP) is 2.12. The third-order valence-electron chi connectivity index (χ3n) is 4.53. The molecular formula is C17H19N3O3. The van der Waals surface area contributed by atoms with Gasteiger partial charge in [-0.1, -0.05) is 0 Å². The fourth-order valence-electron chi connectivity index (χ4n) is 3.18. The average Bonchev–Trinajstić information content (AvgIpc) is 3.15. The minimum atomic E-state index is -0.835. The summed E-state index contributed by atoms with van der Waals surface area (Å²) in [6, 6.07) is 7.03. The molecule has 1 amide bonds. The Bertz CT molecular complexity index is 740. The van der Waals surface area contributed by atoms with Crippen LogP contribution in [0.2, 0.25) is 0 Å². The molecule has 0 aliphatic carbocycles. The van der Waals surface area contributed by atoms with Crippen LogP contribution in [0, 0.1) is 12.8 Å². The van der Waals surface area contributed by atoms with E-state index in [0.717, 1.165) is 11.3 Å². The van der Waals surface area contributed by atoms with Crippen molar-refractivity contribution in [1.82, 2.24) is 14.7 Å². The van der Waals surface area contributed by atoms with Gasteiger partial charge in [0, 0.05) is 30.5 Å². The summed E-state index contributed by atoms with van der Waals surface area (Å²) in [7, 11) is 0. The van der Waals surface area contributed by atoms with E-state index in [0.29, 0.717) is 18.5 Å². The number of hydrogen-bond acceptors (Lipinski definition) is 3. The number of rotatable bonds is 3. The molecule has 2 aromatic rings. The van der Waals surface area contributed by atoms with Gasteiger partial charge in [0.25, 0.3) is 5.91 Å². The average molecular weight is 313 g/mol. The summed E-state index contributed by atoms with van der Waals surface area (Å²) < 4.78 is 1.75. The van der Waals surface area contributed by atoms with E-state index in [9.17, 15) is 14.7 Å². The maximum atomic E-state index is 12.7. The van der Waals surface area contributed by atoms with Crippen LogP contribution in [-0.4, -0.2) is 44.3 Å². The second-order valence-electron chi connectivity index (χ2n) is 5.92. The minimum Gasteiger partial charge on any atom is -0.481 e. The molecule has 1 fully saturated rings. The maximum absolute atomic E-state index is 12.7. The number of benzene rings is 1. The molecule has 1 saturated heterocycles. The Kier molecular flexibility index (Phi) is 3.90. The van der Waals surface area contributed by atoms with E-state index in [2.05, 4.69) is 5.10 Å². The summed E-state index contributed by atoms with van der Waals surface area (Å²) in [6.07, 6.45) is 4.06. The highest BCUT2D eigenvalue weighted by molar-refractivity contribution is 5.95. The second kappa shape index (κ2) is 5.87. The number of hydrogen-bond donors (Lipinski definition) is 1. The largest absolute Gasteiger partial charge is 0.481 e. The van der Waals surface area contributed by atoms with E-state index in [1.54, 1.807) is 28.8 Å². The highest BCUT2D eigenvalue weighted by Crippen LogP contribution is 2.26. The van der Waals surface area contributed by atoms with Crippen molar-refractivity contribution in [3.8, 4) is 5.69 Å². The van der Waals surface area contributed by atoms with Gasteiger partial charge in [-0.05, 0) is 50.1 Å². The van der Waals surface area contributed by atoms with Crippen LogP contribution in [0.4, 0.5) is 0 Å². The molecule has 23 heavy (non-hydrogen) atoms. The topological polar surface area (TPSA) is 75.4 Å². The van der Waals surface area contributed by atoms with Gasteiger partial charge in [0.05, 0.1) is 11.6 Å². The molecule has 2 heterocycles. The summed E-state index contributed by atoms with van der Waals surface area (Å²) in [4.78, 5) is 25.5. The zero-order chi connectivity index (χ0) is 16.6. The van der Waals surface area contributed by atoms with Crippen molar-refractivity contribution in [1.29, 1.82) is 0 Å². The second-order valence-corrected chi connectivity index (χ2v) is 5.92. The van der Waals surface area contributed by atoms with Crippen LogP contribution < -0.4 is 0 Å². The zero-order valence-corrected chi connectivity index (χ0v) is 13.1. The van der Waals surface area contributed by atoms with Crippen LogP contribution >= 0.6 is 0 Å². The number of aromatic nitrogens is 2. The molecule has 0 saturated carbocycles. The van der Waals surface area contributed by atoms with Gasteiger partial charge in [0.15, 0.2) is 0 Å². The quantitative estimate of drug-likeness (QED) is 0.941. The molecule has 2 unspecified atom stereocenters. The third kappa shape index (κ3) is 2.72. The molecular weight excluding hydrogens is 294 g/mol. The van der Waals surface area contributed by atoms with E-state index in [-0.39, 0.29) is 11.9 Å². The maximum Gasteiger partial charge on any atom is 0.308 e. The van der Waals surface area contributed by atoms with Crippen molar-refractivity contribution in [2.24, 2.45) is 5.92 Å². The first-order valence-electron chi connectivity index (χ1n) is 7.63. The number of carboxylic acid groups (broad SMARTS) is 1. The number of carbonyl (C=O) groups is 2. The Balaban J connectivity index is 1.84. The van der Waals surface area contributed by atoms with Gasteiger partial charge >= 0.3 is 5.97 Å². The molecule has 1 aliphatic heterocycles. The van der Waals surface area contributed by atoms with Crippen LogP contribution in [0.15, 0.2) is 36.7 Å². The van der Waals surface area contributed by atoms with Crippen molar-refractivity contribution < 1.29 is 14.7 Å². The summed E-state index contributed by atoms with van der Waals surface area (Å²) >= 11 is 0. The van der Waals surface area contributed by atoms with Crippen LogP contribution in [0.5, 0.6) is 0 Å². The van der Waals surface area contributed by atoms with Crippen molar-refractivity contribution in [3.05, 3.63) is 47.8 Å². The number of aliphatic carboxylic acids is 1. The summed E-state index contributed by atoms with van der Waals surface area (Å²) in [5.41, 5.74) is 2.45. The van der Waals surface area contributed by atoms with Gasteiger partial charge in [0.2, 0.25) is 0 Å². The van der Waals surface area contributed by atoms with Gasteiger partial charge in [-0.15, -0.1) is 0 Å². The summed E-state index contributed by atoms with van der Waals surface area (Å²) in [5, 5.41) is 13.4. The number of aryl methyl sites for hydroxylation is 1. The standard InChI is InChI=1S/C17H19N3O3/c1-11-10-13(4-5-15(11)20-8-3-7-18-20)16(21)19-9-6-14(12(19)2)17(22)23/h3-5,7-8,10,12,14H,6,9H2,1-2H3,(H,22,23). The molecule has 6 heteroatoms. The van der Waals surface area contributed by atoms with E-state index < -0.39 is 11.9 Å². The lowest BCUT2D eigenvalue weighted by Gasteiger charge is -2.23. The molecule has 2 atom stereocenters. The minimum absolute atomic E-state index is 0.114. The zero-order valence-electron chi connectivity index (χ0n) is 13.1. The van der Waals surface area contributed by atoms with Gasteiger partial charge in [0.1, 0.15) is 0 Å². The SMILES string of the molecule is Cc1cc(C(=O)N2CCC(C(=O)O)C2C)ccc1-n1cccn1. The Morgan fingerprint density at radius 2 is 2.13 bits per heavy atom. The number of nitrogens with zero attached hydrogens (tertiary/aromatic N) is 3. The van der Waals surface area contributed by atoms with Crippen molar-refractivity contribution in [2.75, 3.05) is 6.54 Å². The van der Waals surface area contributed by atoms with Gasteiger partial charge in [-0.25, -0.2) is 4.68 Å². The number of carboxylic acids is 1. The van der Waals surface area contributed by atoms with Crippen LogP contribution in [0.25, 0.3) is 5.69 Å². The van der Waals surface area contributed by atoms with E-state index in [4.69, 9.17) is 0 Å². The fourth-order valence-corrected chi connectivity index (χ4v) is 3.18. The van der Waals surface area contributed by atoms with Crippen molar-refractivity contribution >= 4 is 11.9 Å². The highest BCUT2D eigenvalue weighted by Gasteiger charge is 2.38. The van der Waals surface area contributed by atoms with Crippen LogP contribution in [0.1, 0.15) is 29.3 Å². The molecule has 3 rings (SSSR count). The van der Waals surface area contributed by atoms with Crippen LogP contribution in [-0.2, 0) is 4.79 Å². The number of likely N-dealkylation sites (tertiary alicyclic amines) is 1. The first kappa shape index (κ1) is 15.3. The Labute approximate surface area is 134 Å². The fraction of sp³-hybridized carbons (Fsp3) is 0.353. The Hall–Kier alpha value is -2.63. The Morgan fingerprint density at radius 3 is 2.70 bits per heavy atom. The van der Waals surface area contributed by atoms with E-state index >= 15 is 0 Å². The van der Waals surface area contributed by atoms with E-state index in [1.807, 2.05) is 31.3 Å². The van der Waals surface area contributed by atoms with Gasteiger partial charge < -0.3 is 10.0 Å². The highest BCUT2D eigenvalue weighted by atomic mass is 16.4. The molecule has 0 spiro atoms. The molecule has 0 radical (unpaired) electrons. The lowest BCUT2D eigenvalue weighted by molar-refractivity contribution is -0.142. The molecule has 1 aromatic carbocycles. The van der Waals surface area contributed by atoms with E-state index in [1.165, 1.54) is 0 Å². The molecule has 6 nitrogen and oxygen atoms in total. The first-order chi connectivity index (χ1) is 11.0. The van der Waals surface area contributed by atoms with Gasteiger partial charge in [-0.3, -0.25) is 9.59 Å². The molecule has 1 aliphatic rings. The normalized spacial score (nSPS) is 20.7. The molecule has 1 aromatic heterocycles. The van der Waals surface area contributed by atoms with Crippen molar-refractivity contribution in [2.45, 2.75) is 26.3 Å². The molecule has 1 N–H and O–H groups in total. The monoisotopic (exact) mass is 313 g/mol. The lowest BCUT2D eigenvalue weighted by atomic mass is 10.0. The number of amides is 1. The Morgan fingerprint density at radius 1 is 1.35 bits per heavy atom. The first-order valence-corrected chi connectivity index (χ1v) is 7.63. The smallest absolute Gasteiger partial charge is 0.308 e. The summed E-state index contributed by atoms with van der Waals surface area (Å²) in [6.45, 7) is 4.22. The lowest BCUT2D eigenvalue weighted by Crippen LogP contribution is -2.37. The van der Waals surface area contributed by atoms with Gasteiger partial charge in [-0.2, -0.15) is 5.10 Å².